The van der Waals surface area contributed by atoms with Gasteiger partial charge in [-0.15, -0.1) is 0 Å². The largest absolute Gasteiger partial charge is 0.497 e. The van der Waals surface area contributed by atoms with Crippen molar-refractivity contribution in [3.05, 3.63) is 71.8 Å². The first kappa shape index (κ1) is 17.6. The highest BCUT2D eigenvalue weighted by Crippen LogP contribution is 2.12. The van der Waals surface area contributed by atoms with Crippen LogP contribution in [-0.4, -0.2) is 14.2 Å². The number of methoxy groups -OCH3 is 2. The number of ether oxygens (including phenoxy) is 2. The monoisotopic (exact) mass is 296 g/mol. The fourth-order valence-electron chi connectivity index (χ4n) is 1.81. The normalized spacial score (nSPS) is 10.4. The SMILES string of the molecule is CC=Cc1ccc(OC)cc1.CC=Cc1ccc(OC)cc1. The molecule has 0 saturated heterocycles. The molecule has 0 unspecified atom stereocenters. The van der Waals surface area contributed by atoms with Crippen LogP contribution in [0, 0.1) is 0 Å². The van der Waals surface area contributed by atoms with Crippen molar-refractivity contribution in [1.29, 1.82) is 0 Å². The molecule has 0 aliphatic carbocycles. The van der Waals surface area contributed by atoms with Crippen LogP contribution < -0.4 is 9.47 Å². The van der Waals surface area contributed by atoms with Crippen LogP contribution in [0.25, 0.3) is 12.2 Å². The van der Waals surface area contributed by atoms with E-state index in [-0.39, 0.29) is 0 Å². The molecule has 22 heavy (non-hydrogen) atoms. The van der Waals surface area contributed by atoms with Gasteiger partial charge in [-0.05, 0) is 49.2 Å². The predicted molar refractivity (Wildman–Crippen MR) is 95.4 cm³/mol. The van der Waals surface area contributed by atoms with Crippen molar-refractivity contribution >= 4 is 12.2 Å². The molecule has 0 bridgehead atoms. The van der Waals surface area contributed by atoms with Crippen LogP contribution in [-0.2, 0) is 0 Å². The van der Waals surface area contributed by atoms with Crippen molar-refractivity contribution in [3.63, 3.8) is 0 Å². The zero-order chi connectivity index (χ0) is 16.2. The Kier molecular flexibility index (Phi) is 8.21. The van der Waals surface area contributed by atoms with E-state index in [2.05, 4.69) is 12.2 Å². The summed E-state index contributed by atoms with van der Waals surface area (Å²) in [7, 11) is 3.34. The first-order valence-electron chi connectivity index (χ1n) is 7.27. The summed E-state index contributed by atoms with van der Waals surface area (Å²) in [5.41, 5.74) is 2.40. The molecule has 0 saturated carbocycles. The molecule has 2 aromatic carbocycles. The number of hydrogen-bond acceptors (Lipinski definition) is 2. The molecule has 2 nitrogen and oxygen atoms in total. The van der Waals surface area contributed by atoms with E-state index < -0.39 is 0 Å². The number of rotatable bonds is 4. The molecular formula is C20H24O2. The van der Waals surface area contributed by atoms with Crippen LogP contribution in [0.15, 0.2) is 60.7 Å². The van der Waals surface area contributed by atoms with Gasteiger partial charge >= 0.3 is 0 Å². The zero-order valence-electron chi connectivity index (χ0n) is 13.7. The quantitative estimate of drug-likeness (QED) is 0.746. The number of benzene rings is 2. The van der Waals surface area contributed by atoms with E-state index in [4.69, 9.17) is 9.47 Å². The lowest BCUT2D eigenvalue weighted by Gasteiger charge is -1.98. The van der Waals surface area contributed by atoms with Crippen LogP contribution in [0.3, 0.4) is 0 Å². The first-order chi connectivity index (χ1) is 10.7. The highest BCUT2D eigenvalue weighted by atomic mass is 16.5. The molecule has 0 aliphatic rings. The minimum atomic E-state index is 0.901. The molecule has 0 amide bonds. The maximum atomic E-state index is 5.02. The minimum absolute atomic E-state index is 0.901. The molecule has 0 aliphatic heterocycles. The third-order valence-corrected chi connectivity index (χ3v) is 2.95. The smallest absolute Gasteiger partial charge is 0.118 e. The van der Waals surface area contributed by atoms with Gasteiger partial charge in [0.05, 0.1) is 14.2 Å². The molecule has 116 valence electrons. The average Bonchev–Trinajstić information content (AvgIpc) is 2.57. The molecular weight excluding hydrogens is 272 g/mol. The summed E-state index contributed by atoms with van der Waals surface area (Å²) in [6, 6.07) is 15.9. The summed E-state index contributed by atoms with van der Waals surface area (Å²) < 4.78 is 10.0. The van der Waals surface area contributed by atoms with E-state index in [1.807, 2.05) is 74.5 Å². The van der Waals surface area contributed by atoms with E-state index in [0.29, 0.717) is 0 Å². The number of hydrogen-bond donors (Lipinski definition) is 0. The molecule has 0 N–H and O–H groups in total. The second kappa shape index (κ2) is 10.3. The van der Waals surface area contributed by atoms with Crippen molar-refractivity contribution in [2.24, 2.45) is 0 Å². The van der Waals surface area contributed by atoms with Crippen molar-refractivity contribution in [2.45, 2.75) is 13.8 Å². The standard InChI is InChI=1S/2C10H12O/c2*1-3-4-9-5-7-10(11-2)8-6-9/h2*3-8H,1-2H3. The summed E-state index contributed by atoms with van der Waals surface area (Å²) in [5, 5.41) is 0. The molecule has 2 aromatic rings. The Balaban J connectivity index is 0.000000220. The topological polar surface area (TPSA) is 18.5 Å². The lowest BCUT2D eigenvalue weighted by Crippen LogP contribution is -1.80. The Labute approximate surface area is 133 Å². The Morgan fingerprint density at radius 1 is 0.591 bits per heavy atom. The molecule has 2 rings (SSSR count). The van der Waals surface area contributed by atoms with Crippen LogP contribution >= 0.6 is 0 Å². The van der Waals surface area contributed by atoms with Crippen molar-refractivity contribution in [3.8, 4) is 11.5 Å². The lowest BCUT2D eigenvalue weighted by atomic mass is 10.2. The fourth-order valence-corrected chi connectivity index (χ4v) is 1.81. The maximum absolute atomic E-state index is 5.02. The third kappa shape index (κ3) is 6.31. The lowest BCUT2D eigenvalue weighted by molar-refractivity contribution is 0.414. The molecule has 0 aromatic heterocycles. The van der Waals surface area contributed by atoms with Gasteiger partial charge in [0.25, 0.3) is 0 Å². The van der Waals surface area contributed by atoms with Gasteiger partial charge in [-0.1, -0.05) is 48.6 Å². The van der Waals surface area contributed by atoms with Gasteiger partial charge in [0.1, 0.15) is 11.5 Å². The van der Waals surface area contributed by atoms with E-state index >= 15 is 0 Å². The van der Waals surface area contributed by atoms with Gasteiger partial charge in [0.15, 0.2) is 0 Å². The molecule has 0 atom stereocenters. The summed E-state index contributed by atoms with van der Waals surface area (Å²) in [4.78, 5) is 0. The van der Waals surface area contributed by atoms with Gasteiger partial charge in [-0.2, -0.15) is 0 Å². The Morgan fingerprint density at radius 2 is 0.909 bits per heavy atom. The molecule has 0 fully saturated rings. The summed E-state index contributed by atoms with van der Waals surface area (Å²) >= 11 is 0. The second-order valence-corrected chi connectivity index (χ2v) is 4.55. The summed E-state index contributed by atoms with van der Waals surface area (Å²) in [6.45, 7) is 4.01. The highest BCUT2D eigenvalue weighted by molar-refractivity contribution is 5.50. The van der Waals surface area contributed by atoms with Gasteiger partial charge in [0.2, 0.25) is 0 Å². The molecule has 0 spiro atoms. The summed E-state index contributed by atoms with van der Waals surface area (Å²) in [5.74, 6) is 1.80. The predicted octanol–water partition coefficient (Wildman–Crippen LogP) is 5.46. The van der Waals surface area contributed by atoms with Crippen LogP contribution in [0.2, 0.25) is 0 Å². The van der Waals surface area contributed by atoms with Crippen LogP contribution in [0.1, 0.15) is 25.0 Å². The maximum Gasteiger partial charge on any atom is 0.118 e. The third-order valence-electron chi connectivity index (χ3n) is 2.95. The van der Waals surface area contributed by atoms with Crippen LogP contribution in [0.5, 0.6) is 11.5 Å². The molecule has 0 heterocycles. The van der Waals surface area contributed by atoms with E-state index in [9.17, 15) is 0 Å². The van der Waals surface area contributed by atoms with Crippen LogP contribution in [0.4, 0.5) is 0 Å². The van der Waals surface area contributed by atoms with Gasteiger partial charge < -0.3 is 9.47 Å². The fraction of sp³-hybridized carbons (Fsp3) is 0.200. The van der Waals surface area contributed by atoms with E-state index in [0.717, 1.165) is 11.5 Å². The van der Waals surface area contributed by atoms with Gasteiger partial charge in [-0.3, -0.25) is 0 Å². The first-order valence-corrected chi connectivity index (χ1v) is 7.27. The van der Waals surface area contributed by atoms with Crippen molar-refractivity contribution in [2.75, 3.05) is 14.2 Å². The summed E-state index contributed by atoms with van der Waals surface area (Å²) in [6.07, 6.45) is 8.14. The number of allylic oxidation sites excluding steroid dienone is 2. The van der Waals surface area contributed by atoms with Crippen molar-refractivity contribution in [1.82, 2.24) is 0 Å². The van der Waals surface area contributed by atoms with E-state index in [1.165, 1.54) is 11.1 Å². The Morgan fingerprint density at radius 3 is 1.14 bits per heavy atom. The molecule has 2 heteroatoms. The van der Waals surface area contributed by atoms with E-state index in [1.54, 1.807) is 14.2 Å². The minimum Gasteiger partial charge on any atom is -0.497 e. The average molecular weight is 296 g/mol. The second-order valence-electron chi connectivity index (χ2n) is 4.55. The highest BCUT2D eigenvalue weighted by Gasteiger charge is 1.88. The Hall–Kier alpha value is -2.48. The zero-order valence-corrected chi connectivity index (χ0v) is 13.7. The van der Waals surface area contributed by atoms with Gasteiger partial charge in [0, 0.05) is 0 Å². The molecule has 0 radical (unpaired) electrons. The van der Waals surface area contributed by atoms with Gasteiger partial charge in [-0.25, -0.2) is 0 Å². The van der Waals surface area contributed by atoms with Crippen molar-refractivity contribution < 1.29 is 9.47 Å². The Bertz CT molecular complexity index is 523.